The molecule has 53 heavy (non-hydrogen) atoms. The first-order chi connectivity index (χ1) is 26.1. The van der Waals surface area contributed by atoms with Crippen molar-refractivity contribution in [1.29, 1.82) is 0 Å². The van der Waals surface area contributed by atoms with Gasteiger partial charge in [0.1, 0.15) is 0 Å². The number of allylic oxidation sites excluding steroid dienone is 4. The number of benzene rings is 6. The minimum Gasteiger partial charge on any atom is -0.361 e. The third-order valence-corrected chi connectivity index (χ3v) is 12.2. The van der Waals surface area contributed by atoms with Gasteiger partial charge < -0.3 is 4.90 Å². The lowest BCUT2D eigenvalue weighted by molar-refractivity contribution is 0.500. The Morgan fingerprint density at radius 1 is 0.566 bits per heavy atom. The van der Waals surface area contributed by atoms with Crippen LogP contribution in [0.4, 0.5) is 5.69 Å². The van der Waals surface area contributed by atoms with Gasteiger partial charge in [0, 0.05) is 17.6 Å². The van der Waals surface area contributed by atoms with Crippen LogP contribution in [0.25, 0.3) is 61.4 Å². The summed E-state index contributed by atoms with van der Waals surface area (Å²) in [6.07, 6.45) is 24.3. The molecule has 3 atom stereocenters. The van der Waals surface area contributed by atoms with E-state index >= 15 is 0 Å². The van der Waals surface area contributed by atoms with Gasteiger partial charge >= 0.3 is 0 Å². The van der Waals surface area contributed by atoms with Crippen molar-refractivity contribution in [3.63, 3.8) is 0 Å². The van der Waals surface area contributed by atoms with Gasteiger partial charge in [-0.25, -0.2) is 0 Å². The van der Waals surface area contributed by atoms with E-state index in [1.54, 1.807) is 0 Å². The minimum absolute atomic E-state index is 0.444. The molecule has 3 aliphatic carbocycles. The van der Waals surface area contributed by atoms with Crippen molar-refractivity contribution >= 4 is 22.5 Å². The number of hydrogen-bond donors (Lipinski definition) is 0. The fourth-order valence-corrected chi connectivity index (χ4v) is 9.88. The number of hydrogen-bond acceptors (Lipinski definition) is 1. The lowest BCUT2D eigenvalue weighted by atomic mass is 9.80. The molecule has 258 valence electrons. The van der Waals surface area contributed by atoms with Gasteiger partial charge in [-0.3, -0.25) is 0 Å². The number of fused-ring (bicyclic) bond motifs is 5. The smallest absolute Gasteiger partial charge is 0.0514 e. The van der Waals surface area contributed by atoms with E-state index in [0.29, 0.717) is 18.0 Å². The third-order valence-electron chi connectivity index (χ3n) is 12.2. The molecule has 0 amide bonds. The van der Waals surface area contributed by atoms with Gasteiger partial charge in [0.2, 0.25) is 0 Å². The fraction of sp³-hybridized carbons (Fsp3) is 0.192. The first-order valence-corrected chi connectivity index (χ1v) is 19.6. The highest BCUT2D eigenvalue weighted by atomic mass is 15.2. The average molecular weight is 684 g/mol. The molecule has 3 unspecified atom stereocenters. The fourth-order valence-electron chi connectivity index (χ4n) is 9.88. The average Bonchev–Trinajstić information content (AvgIpc) is 3.54. The number of rotatable bonds is 5. The van der Waals surface area contributed by atoms with Crippen LogP contribution >= 0.6 is 0 Å². The second-order valence-corrected chi connectivity index (χ2v) is 15.6. The van der Waals surface area contributed by atoms with Gasteiger partial charge in [-0.05, 0) is 130 Å². The maximum Gasteiger partial charge on any atom is 0.0514 e. The van der Waals surface area contributed by atoms with E-state index in [4.69, 9.17) is 0 Å². The first kappa shape index (κ1) is 32.0. The van der Waals surface area contributed by atoms with Gasteiger partial charge in [-0.15, -0.1) is 0 Å². The summed E-state index contributed by atoms with van der Waals surface area (Å²) < 4.78 is 0. The van der Waals surface area contributed by atoms with Crippen molar-refractivity contribution in [2.24, 2.45) is 0 Å². The third kappa shape index (κ3) is 5.53. The molecule has 4 aliphatic rings. The topological polar surface area (TPSA) is 3.24 Å². The van der Waals surface area contributed by atoms with Crippen LogP contribution in [-0.2, 0) is 6.42 Å². The van der Waals surface area contributed by atoms with Gasteiger partial charge in [0.15, 0.2) is 0 Å². The molecule has 0 radical (unpaired) electrons. The van der Waals surface area contributed by atoms with Gasteiger partial charge in [-0.1, -0.05) is 157 Å². The molecule has 0 N–H and O–H groups in total. The Morgan fingerprint density at radius 2 is 1.25 bits per heavy atom. The molecule has 0 aromatic heterocycles. The van der Waals surface area contributed by atoms with E-state index in [9.17, 15) is 0 Å². The van der Waals surface area contributed by atoms with Crippen LogP contribution in [-0.4, -0.2) is 12.1 Å². The van der Waals surface area contributed by atoms with Gasteiger partial charge in [0.25, 0.3) is 0 Å². The van der Waals surface area contributed by atoms with Crippen LogP contribution in [0.3, 0.4) is 0 Å². The summed E-state index contributed by atoms with van der Waals surface area (Å²) in [6, 6.07) is 42.7. The van der Waals surface area contributed by atoms with Crippen molar-refractivity contribution in [2.75, 3.05) is 4.90 Å². The van der Waals surface area contributed by atoms with Crippen molar-refractivity contribution in [3.05, 3.63) is 180 Å². The molecule has 1 aliphatic heterocycles. The molecular formula is C52H45N. The highest BCUT2D eigenvalue weighted by Gasteiger charge is 2.40. The van der Waals surface area contributed by atoms with Gasteiger partial charge in [-0.2, -0.15) is 0 Å². The molecule has 0 saturated carbocycles. The molecular weight excluding hydrogens is 639 g/mol. The number of anilines is 1. The zero-order valence-corrected chi connectivity index (χ0v) is 30.7. The summed E-state index contributed by atoms with van der Waals surface area (Å²) in [6.45, 7) is 4.42. The van der Waals surface area contributed by atoms with Crippen LogP contribution in [0.1, 0.15) is 59.4 Å². The minimum atomic E-state index is 0.444. The predicted molar refractivity (Wildman–Crippen MR) is 227 cm³/mol. The molecule has 1 nitrogen and oxygen atoms in total. The van der Waals surface area contributed by atoms with E-state index in [1.165, 1.54) is 102 Å². The first-order valence-electron chi connectivity index (χ1n) is 19.6. The predicted octanol–water partition coefficient (Wildman–Crippen LogP) is 13.6. The van der Waals surface area contributed by atoms with E-state index in [1.807, 2.05) is 0 Å². The molecule has 0 spiro atoms. The summed E-state index contributed by atoms with van der Waals surface area (Å²) in [7, 11) is 0. The van der Waals surface area contributed by atoms with E-state index in [-0.39, 0.29) is 0 Å². The maximum absolute atomic E-state index is 2.72. The second kappa shape index (κ2) is 13.1. The summed E-state index contributed by atoms with van der Waals surface area (Å²) in [5.74, 6) is 0.470. The Balaban J connectivity index is 0.977. The van der Waals surface area contributed by atoms with E-state index < -0.39 is 0 Å². The number of nitrogens with zero attached hydrogens (tertiary/aromatic N) is 1. The molecule has 10 rings (SSSR count). The quantitative estimate of drug-likeness (QED) is 0.164. The van der Waals surface area contributed by atoms with Crippen LogP contribution in [0.2, 0.25) is 0 Å². The molecule has 1 heterocycles. The van der Waals surface area contributed by atoms with Crippen molar-refractivity contribution in [1.82, 2.24) is 0 Å². The highest BCUT2D eigenvalue weighted by molar-refractivity contribution is 6.10. The molecule has 0 saturated heterocycles. The summed E-state index contributed by atoms with van der Waals surface area (Å²) in [5.41, 5.74) is 18.8. The largest absolute Gasteiger partial charge is 0.361 e. The summed E-state index contributed by atoms with van der Waals surface area (Å²) in [4.78, 5) is 2.72. The van der Waals surface area contributed by atoms with Gasteiger partial charge in [0.05, 0.1) is 6.04 Å². The normalized spacial score (nSPS) is 19.7. The Bertz CT molecular complexity index is 2490. The Hall–Kier alpha value is -5.66. The summed E-state index contributed by atoms with van der Waals surface area (Å²) >= 11 is 0. The lowest BCUT2D eigenvalue weighted by Gasteiger charge is -2.37. The zero-order valence-electron chi connectivity index (χ0n) is 30.7. The lowest BCUT2D eigenvalue weighted by Crippen LogP contribution is -2.42. The van der Waals surface area contributed by atoms with Crippen molar-refractivity contribution in [2.45, 2.75) is 64.0 Å². The van der Waals surface area contributed by atoms with Crippen LogP contribution in [0.15, 0.2) is 152 Å². The molecule has 6 aromatic carbocycles. The van der Waals surface area contributed by atoms with Crippen LogP contribution in [0, 0.1) is 13.8 Å². The maximum atomic E-state index is 2.72. The SMILES string of the molecule is Cc1cc(C)cc(-c2c3c(c(-c4ccc(-c5ccc(-c6ccc7c(c6)C6C=CCCC6N7C6C=CC=CC6)cc5)cc4)c4ccccc24)CCC=C3)c1. The standard InChI is InChI=1S/C52H45N/c1-34-30-35(2)32-41(31-34)52-46-17-8-6-15-44(46)51(45-16-7-9-18-47(45)52)39-26-24-37(25-27-39)36-20-22-38(23-21-36)40-28-29-50-48(33-40)43-14-10-11-19-49(43)53(50)42-12-4-3-5-13-42/h3-6,8-10,12,14-15,17-18,20-33,42-43,49H,7,11,13,16,19H2,1-2H3. The van der Waals surface area contributed by atoms with E-state index in [2.05, 4.69) is 177 Å². The van der Waals surface area contributed by atoms with Crippen LogP contribution < -0.4 is 4.90 Å². The van der Waals surface area contributed by atoms with E-state index in [0.717, 1.165) is 19.3 Å². The number of aryl methyl sites for hydroxylation is 2. The monoisotopic (exact) mass is 683 g/mol. The highest BCUT2D eigenvalue weighted by Crippen LogP contribution is 2.49. The molecule has 0 fully saturated rings. The molecule has 1 heteroatoms. The van der Waals surface area contributed by atoms with Crippen LogP contribution in [0.5, 0.6) is 0 Å². The summed E-state index contributed by atoms with van der Waals surface area (Å²) in [5, 5.41) is 2.67. The molecule has 0 bridgehead atoms. The Morgan fingerprint density at radius 3 is 1.96 bits per heavy atom. The zero-order chi connectivity index (χ0) is 35.5. The Labute approximate surface area is 314 Å². The molecule has 6 aromatic rings. The Kier molecular flexibility index (Phi) is 7.90. The van der Waals surface area contributed by atoms with Crippen molar-refractivity contribution < 1.29 is 0 Å². The second-order valence-electron chi connectivity index (χ2n) is 15.6. The van der Waals surface area contributed by atoms with Crippen molar-refractivity contribution in [3.8, 4) is 44.5 Å².